The minimum Gasteiger partial charge on any atom is -0.485 e. The van der Waals surface area contributed by atoms with Gasteiger partial charge in [0.25, 0.3) is 0 Å². The number of carbonyl (C=O) groups is 1. The maximum atomic E-state index is 13.6. The highest BCUT2D eigenvalue weighted by Gasteiger charge is 2.44. The van der Waals surface area contributed by atoms with Gasteiger partial charge < -0.3 is 14.7 Å². The molecular weight excluding hydrogens is 373 g/mol. The average Bonchev–Trinajstić information content (AvgIpc) is 3.06. The van der Waals surface area contributed by atoms with E-state index in [0.717, 1.165) is 5.56 Å². The summed E-state index contributed by atoms with van der Waals surface area (Å²) >= 11 is 0. The molecule has 1 fully saturated rings. The molecule has 1 aromatic carbocycles. The first-order chi connectivity index (χ1) is 13.7. The molecule has 0 spiro atoms. The van der Waals surface area contributed by atoms with Crippen molar-refractivity contribution in [3.8, 4) is 5.75 Å². The van der Waals surface area contributed by atoms with E-state index in [1.165, 1.54) is 12.1 Å². The summed E-state index contributed by atoms with van der Waals surface area (Å²) in [5.41, 5.74) is -0.0395. The van der Waals surface area contributed by atoms with E-state index in [0.29, 0.717) is 38.0 Å². The average molecular weight is 403 g/mol. The maximum Gasteiger partial charge on any atom is 0.223 e. The number of benzene rings is 1. The molecule has 2 aromatic rings. The van der Waals surface area contributed by atoms with Crippen molar-refractivity contribution in [1.29, 1.82) is 0 Å². The summed E-state index contributed by atoms with van der Waals surface area (Å²) < 4.78 is 21.3. The fraction of sp³-hybridized carbons (Fsp3) is 0.545. The number of halogens is 1. The summed E-state index contributed by atoms with van der Waals surface area (Å²) in [6.07, 6.45) is 5.05. The number of aryl methyl sites for hydroxylation is 2. The van der Waals surface area contributed by atoms with Crippen LogP contribution in [-0.2, 0) is 18.3 Å². The van der Waals surface area contributed by atoms with Crippen molar-refractivity contribution < 1.29 is 19.0 Å². The van der Waals surface area contributed by atoms with Crippen LogP contribution in [0.4, 0.5) is 4.39 Å². The van der Waals surface area contributed by atoms with Crippen LogP contribution in [0.25, 0.3) is 0 Å². The predicted octanol–water partition coefficient (Wildman–Crippen LogP) is 2.95. The van der Waals surface area contributed by atoms with Crippen LogP contribution in [0.2, 0.25) is 0 Å². The Morgan fingerprint density at radius 2 is 2.24 bits per heavy atom. The van der Waals surface area contributed by atoms with Gasteiger partial charge in [-0.05, 0) is 42.9 Å². The van der Waals surface area contributed by atoms with Crippen LogP contribution in [0.5, 0.6) is 5.75 Å². The lowest BCUT2D eigenvalue weighted by Crippen LogP contribution is -2.59. The molecule has 2 heterocycles. The first-order valence-electron chi connectivity index (χ1n) is 10.1. The Balaban J connectivity index is 1.69. The number of nitrogens with zero attached hydrogens (tertiary/aromatic N) is 3. The largest absolute Gasteiger partial charge is 0.485 e. The van der Waals surface area contributed by atoms with Gasteiger partial charge >= 0.3 is 0 Å². The molecule has 2 atom stereocenters. The number of rotatable bonds is 7. The molecule has 0 bridgehead atoms. The van der Waals surface area contributed by atoms with Gasteiger partial charge in [0.1, 0.15) is 23.3 Å². The van der Waals surface area contributed by atoms with Gasteiger partial charge in [-0.1, -0.05) is 19.9 Å². The quantitative estimate of drug-likeness (QED) is 0.772. The summed E-state index contributed by atoms with van der Waals surface area (Å²) in [6.45, 7) is 4.86. The third-order valence-electron chi connectivity index (χ3n) is 5.37. The molecule has 1 amide bonds. The Kier molecular flexibility index (Phi) is 6.57. The van der Waals surface area contributed by atoms with Crippen molar-refractivity contribution in [2.75, 3.05) is 13.1 Å². The van der Waals surface area contributed by atoms with E-state index in [9.17, 15) is 14.3 Å². The number of amides is 1. The molecule has 1 N–H and O–H groups in total. The molecule has 29 heavy (non-hydrogen) atoms. The molecule has 1 aliphatic rings. The van der Waals surface area contributed by atoms with Crippen LogP contribution in [0, 0.1) is 11.7 Å². The lowest BCUT2D eigenvalue weighted by Gasteiger charge is -2.45. The normalized spacial score (nSPS) is 22.1. The van der Waals surface area contributed by atoms with Gasteiger partial charge in [0.2, 0.25) is 5.91 Å². The van der Waals surface area contributed by atoms with Crippen LogP contribution in [0.15, 0.2) is 36.7 Å². The number of hydrogen-bond donors (Lipinski definition) is 1. The van der Waals surface area contributed by atoms with Crippen LogP contribution in [0.1, 0.15) is 38.7 Å². The zero-order valence-electron chi connectivity index (χ0n) is 17.3. The molecular formula is C22H30FN3O3. The zero-order chi connectivity index (χ0) is 21.0. The third kappa shape index (κ3) is 5.56. The number of piperidine rings is 1. The smallest absolute Gasteiger partial charge is 0.223 e. The molecule has 158 valence electrons. The topological polar surface area (TPSA) is 67.6 Å². The highest BCUT2D eigenvalue weighted by molar-refractivity contribution is 5.76. The van der Waals surface area contributed by atoms with Crippen molar-refractivity contribution in [2.45, 2.75) is 51.2 Å². The molecule has 0 aliphatic carbocycles. The van der Waals surface area contributed by atoms with Crippen molar-refractivity contribution >= 4 is 5.91 Å². The molecule has 3 rings (SSSR count). The molecule has 0 radical (unpaired) electrons. The van der Waals surface area contributed by atoms with E-state index < -0.39 is 17.5 Å². The second kappa shape index (κ2) is 8.95. The van der Waals surface area contributed by atoms with Crippen molar-refractivity contribution in [1.82, 2.24) is 14.7 Å². The van der Waals surface area contributed by atoms with Crippen LogP contribution in [0.3, 0.4) is 0 Å². The standard InChI is InChI=1S/C22H30FN3O3/c1-16(2)12-22(28)9-10-26(21(27)8-7-17-13-24-25(3)14-17)15-20(22)29-19-6-4-5-18(23)11-19/h4-6,11,13-14,16,20,28H,7-10,12,15H2,1-3H3/t20-,22+/m0/s1. The first kappa shape index (κ1) is 21.3. The van der Waals surface area contributed by atoms with Crippen LogP contribution >= 0.6 is 0 Å². The maximum absolute atomic E-state index is 13.6. The zero-order valence-corrected chi connectivity index (χ0v) is 17.3. The van der Waals surface area contributed by atoms with Gasteiger partial charge in [-0.15, -0.1) is 0 Å². The van der Waals surface area contributed by atoms with Crippen LogP contribution in [-0.4, -0.2) is 50.5 Å². The summed E-state index contributed by atoms with van der Waals surface area (Å²) in [7, 11) is 1.85. The first-order valence-corrected chi connectivity index (χ1v) is 10.1. The summed E-state index contributed by atoms with van der Waals surface area (Å²) in [4.78, 5) is 14.5. The minimum atomic E-state index is -1.05. The Morgan fingerprint density at radius 1 is 1.45 bits per heavy atom. The lowest BCUT2D eigenvalue weighted by atomic mass is 9.81. The van der Waals surface area contributed by atoms with E-state index in [2.05, 4.69) is 5.10 Å². The molecule has 1 aliphatic heterocycles. The Labute approximate surface area is 171 Å². The Hall–Kier alpha value is -2.41. The van der Waals surface area contributed by atoms with Gasteiger partial charge in [-0.3, -0.25) is 9.48 Å². The van der Waals surface area contributed by atoms with Gasteiger partial charge in [0, 0.05) is 32.3 Å². The predicted molar refractivity (Wildman–Crippen MR) is 108 cm³/mol. The fourth-order valence-corrected chi connectivity index (χ4v) is 3.98. The number of aliphatic hydroxyl groups is 1. The summed E-state index contributed by atoms with van der Waals surface area (Å²) in [5.74, 6) is 0.261. The molecule has 1 aromatic heterocycles. The highest BCUT2D eigenvalue weighted by Crippen LogP contribution is 2.32. The summed E-state index contributed by atoms with van der Waals surface area (Å²) in [5, 5.41) is 15.4. The van der Waals surface area contributed by atoms with E-state index in [4.69, 9.17) is 4.74 Å². The Morgan fingerprint density at radius 3 is 2.90 bits per heavy atom. The fourth-order valence-electron chi connectivity index (χ4n) is 3.98. The van der Waals surface area contributed by atoms with Gasteiger partial charge in [-0.25, -0.2) is 4.39 Å². The van der Waals surface area contributed by atoms with E-state index in [1.807, 2.05) is 27.1 Å². The second-order valence-corrected chi connectivity index (χ2v) is 8.38. The van der Waals surface area contributed by atoms with Gasteiger partial charge in [-0.2, -0.15) is 5.10 Å². The summed E-state index contributed by atoms with van der Waals surface area (Å²) in [6, 6.07) is 5.90. The van der Waals surface area contributed by atoms with E-state index >= 15 is 0 Å². The molecule has 0 unspecified atom stereocenters. The second-order valence-electron chi connectivity index (χ2n) is 8.38. The molecule has 1 saturated heterocycles. The highest BCUT2D eigenvalue weighted by atomic mass is 19.1. The van der Waals surface area contributed by atoms with Crippen LogP contribution < -0.4 is 4.74 Å². The number of likely N-dealkylation sites (tertiary alicyclic amines) is 1. The number of hydrogen-bond acceptors (Lipinski definition) is 4. The monoisotopic (exact) mass is 403 g/mol. The SMILES string of the molecule is CC(C)C[C@]1(O)CCN(C(=O)CCc2cnn(C)c2)C[C@@H]1Oc1cccc(F)c1. The minimum absolute atomic E-state index is 0.0216. The van der Waals surface area contributed by atoms with Crippen molar-refractivity contribution in [3.63, 3.8) is 0 Å². The van der Waals surface area contributed by atoms with Crippen molar-refractivity contribution in [3.05, 3.63) is 48.0 Å². The number of aromatic nitrogens is 2. The third-order valence-corrected chi connectivity index (χ3v) is 5.37. The molecule has 0 saturated carbocycles. The van der Waals surface area contributed by atoms with Gasteiger partial charge in [0.05, 0.1) is 12.7 Å². The lowest BCUT2D eigenvalue weighted by molar-refractivity contribution is -0.148. The van der Waals surface area contributed by atoms with E-state index in [-0.39, 0.29) is 18.4 Å². The molecule has 6 nitrogen and oxygen atoms in total. The van der Waals surface area contributed by atoms with E-state index in [1.54, 1.807) is 27.9 Å². The number of ether oxygens (including phenoxy) is 1. The van der Waals surface area contributed by atoms with Crippen molar-refractivity contribution in [2.24, 2.45) is 13.0 Å². The number of carbonyl (C=O) groups excluding carboxylic acids is 1. The molecule has 7 heteroatoms. The Bertz CT molecular complexity index is 838. The van der Waals surface area contributed by atoms with Gasteiger partial charge in [0.15, 0.2) is 0 Å².